The number of Topliss-reactive ketones (excluding diaryl/α,β-unsaturated/α-hetero) is 1. The zero-order valence-corrected chi connectivity index (χ0v) is 23.0. The van der Waals surface area contributed by atoms with E-state index in [0.29, 0.717) is 11.8 Å². The van der Waals surface area contributed by atoms with Gasteiger partial charge in [0.2, 0.25) is 0 Å². The van der Waals surface area contributed by atoms with E-state index in [4.69, 9.17) is 0 Å². The Morgan fingerprint density at radius 2 is 1.71 bits per heavy atom. The number of aliphatic hydroxyl groups excluding tert-OH is 1. The molecular formula is C32H36N4O2. The molecule has 1 unspecified atom stereocenters. The highest BCUT2D eigenvalue weighted by Gasteiger charge is 2.43. The van der Waals surface area contributed by atoms with Crippen LogP contribution in [-0.2, 0) is 6.42 Å². The number of carbonyl (C=O) groups is 1. The number of nitrogens with one attached hydrogen (secondary N) is 4. The lowest BCUT2D eigenvalue weighted by atomic mass is 9.84. The maximum absolute atomic E-state index is 13.6. The van der Waals surface area contributed by atoms with Gasteiger partial charge < -0.3 is 25.4 Å². The summed E-state index contributed by atoms with van der Waals surface area (Å²) >= 11 is 0. The molecule has 6 rings (SSSR count). The highest BCUT2D eigenvalue weighted by atomic mass is 16.2. The van der Waals surface area contributed by atoms with Gasteiger partial charge in [-0.2, -0.15) is 0 Å². The molecular weight excluding hydrogens is 472 g/mol. The molecule has 196 valence electrons. The van der Waals surface area contributed by atoms with E-state index in [9.17, 15) is 9.90 Å². The third-order valence-corrected chi connectivity index (χ3v) is 9.29. The summed E-state index contributed by atoms with van der Waals surface area (Å²) in [6.45, 7) is 16.9. The van der Waals surface area contributed by atoms with Crippen LogP contribution in [-0.4, -0.2) is 31.9 Å². The highest BCUT2D eigenvalue weighted by molar-refractivity contribution is 6.08. The van der Waals surface area contributed by atoms with Crippen molar-refractivity contribution in [2.75, 3.05) is 0 Å². The van der Waals surface area contributed by atoms with E-state index in [1.54, 1.807) is 0 Å². The first-order valence-electron chi connectivity index (χ1n) is 13.6. The van der Waals surface area contributed by atoms with Crippen LogP contribution in [0.15, 0.2) is 12.3 Å². The molecule has 6 heteroatoms. The number of hydrogen-bond donors (Lipinski definition) is 5. The first-order valence-corrected chi connectivity index (χ1v) is 13.6. The van der Waals surface area contributed by atoms with E-state index < -0.39 is 0 Å². The Bertz CT molecular complexity index is 1810. The second-order valence-electron chi connectivity index (χ2n) is 11.1. The average Bonchev–Trinajstić information content (AvgIpc) is 3.62. The molecule has 1 saturated heterocycles. The van der Waals surface area contributed by atoms with Gasteiger partial charge in [-0.25, -0.2) is 0 Å². The van der Waals surface area contributed by atoms with Crippen molar-refractivity contribution in [2.45, 2.75) is 54.0 Å². The largest absolute Gasteiger partial charge is 0.515 e. The molecule has 0 amide bonds. The van der Waals surface area contributed by atoms with Crippen LogP contribution in [0, 0.1) is 31.6 Å². The average molecular weight is 509 g/mol. The highest BCUT2D eigenvalue weighted by Crippen LogP contribution is 2.39. The zero-order chi connectivity index (χ0) is 27.0. The minimum atomic E-state index is -0.172. The van der Waals surface area contributed by atoms with Crippen molar-refractivity contribution in [1.82, 2.24) is 20.3 Å². The molecule has 0 aromatic carbocycles. The third-order valence-electron chi connectivity index (χ3n) is 9.29. The number of H-pyrrole nitrogens is 3. The monoisotopic (exact) mass is 508 g/mol. The number of allylic oxidation sites excluding steroid dienone is 1. The fraction of sp³-hybridized carbons (Fsp3) is 0.344. The smallest absolute Gasteiger partial charge is 0.172 e. The fourth-order valence-electron chi connectivity index (χ4n) is 6.81. The molecule has 5 heterocycles. The Kier molecular flexibility index (Phi) is 5.49. The molecule has 2 aliphatic heterocycles. The van der Waals surface area contributed by atoms with E-state index in [0.717, 1.165) is 83.9 Å². The van der Waals surface area contributed by atoms with Crippen LogP contribution in [0.2, 0.25) is 0 Å². The molecule has 3 aromatic rings. The van der Waals surface area contributed by atoms with E-state index >= 15 is 0 Å². The summed E-state index contributed by atoms with van der Waals surface area (Å²) in [5.74, 6) is 0.634. The predicted octanol–water partition coefficient (Wildman–Crippen LogP) is 3.03. The number of carbonyl (C=O) groups excluding carboxylic acids is 1. The maximum atomic E-state index is 13.6. The Labute approximate surface area is 222 Å². The zero-order valence-electron chi connectivity index (χ0n) is 23.0. The van der Waals surface area contributed by atoms with Crippen LogP contribution in [0.1, 0.15) is 77.4 Å². The Balaban J connectivity index is 1.77. The standard InChI is InChI=1S/C32H36N4O2/c1-8-19-16(5)23-10-22-14(3)15(4)30(35-22)28-18(7)32(38)29-17(6)24(36-31(28)29)11-26-20(9-2)21(13-37)27(34-26)12-25(19)33-23/h8,10-15,18,30,33-37H,1,9H2,2-7H3/b21-13-,22-10-,24-11-,27-12-/t14-,15-,18+,30?/m0/s1. The molecule has 38 heavy (non-hydrogen) atoms. The molecule has 1 aliphatic carbocycles. The van der Waals surface area contributed by atoms with Crippen LogP contribution in [0.25, 0.3) is 36.1 Å². The van der Waals surface area contributed by atoms with Gasteiger partial charge in [0.25, 0.3) is 0 Å². The Hall–Kier alpha value is -3.93. The lowest BCUT2D eigenvalue weighted by Crippen LogP contribution is -2.33. The van der Waals surface area contributed by atoms with Crippen LogP contribution >= 0.6 is 0 Å². The number of aromatic nitrogens is 3. The van der Waals surface area contributed by atoms with Crippen LogP contribution < -0.4 is 26.6 Å². The molecule has 0 radical (unpaired) electrons. The normalized spacial score (nSPS) is 27.4. The van der Waals surface area contributed by atoms with E-state index in [1.165, 1.54) is 6.26 Å². The number of rotatable bonds is 2. The second kappa shape index (κ2) is 8.55. The summed E-state index contributed by atoms with van der Waals surface area (Å²) in [4.78, 5) is 24.4. The molecule has 0 saturated carbocycles. The van der Waals surface area contributed by atoms with Gasteiger partial charge in [-0.15, -0.1) is 0 Å². The number of hydrogen-bond acceptors (Lipinski definition) is 3. The number of aliphatic hydroxyl groups is 1. The summed E-state index contributed by atoms with van der Waals surface area (Å²) in [6.07, 6.45) is 10.2. The van der Waals surface area contributed by atoms with Crippen molar-refractivity contribution in [2.24, 2.45) is 17.8 Å². The van der Waals surface area contributed by atoms with E-state index in [2.05, 4.69) is 66.7 Å². The SMILES string of the molecule is C=Cc1c2[nH]c(c1C)/C=C1\NC(C3=c4[nH]/c(c(C)c4C(=O)[C@@H]3C)=C\c3[nH]c(/c(=C\O)c3CC)=C\2)[C@@H](C)[C@@H]1C. The molecule has 0 spiro atoms. The van der Waals surface area contributed by atoms with Gasteiger partial charge >= 0.3 is 0 Å². The molecule has 3 aliphatic rings. The van der Waals surface area contributed by atoms with Gasteiger partial charge in [-0.05, 0) is 66.7 Å². The fourth-order valence-corrected chi connectivity index (χ4v) is 6.81. The van der Waals surface area contributed by atoms with Crippen molar-refractivity contribution < 1.29 is 9.90 Å². The van der Waals surface area contributed by atoms with Gasteiger partial charge in [0, 0.05) is 56.3 Å². The van der Waals surface area contributed by atoms with Gasteiger partial charge in [-0.1, -0.05) is 40.3 Å². The van der Waals surface area contributed by atoms with E-state index in [1.807, 2.05) is 26.0 Å². The number of aromatic amines is 3. The van der Waals surface area contributed by atoms with Crippen LogP contribution in [0.5, 0.6) is 0 Å². The summed E-state index contributed by atoms with van der Waals surface area (Å²) < 4.78 is 0. The van der Waals surface area contributed by atoms with Gasteiger partial charge in [-0.3, -0.25) is 4.79 Å². The van der Waals surface area contributed by atoms with Crippen molar-refractivity contribution in [3.63, 3.8) is 0 Å². The van der Waals surface area contributed by atoms with Crippen molar-refractivity contribution in [3.8, 4) is 0 Å². The summed E-state index contributed by atoms with van der Waals surface area (Å²) in [7, 11) is 0. The van der Waals surface area contributed by atoms with Crippen LogP contribution in [0.4, 0.5) is 0 Å². The summed E-state index contributed by atoms with van der Waals surface area (Å²) in [5, 5.41) is 17.6. The first kappa shape index (κ1) is 24.4. The Morgan fingerprint density at radius 3 is 2.39 bits per heavy atom. The van der Waals surface area contributed by atoms with Crippen molar-refractivity contribution >= 4 is 41.9 Å². The molecule has 4 atom stereocenters. The Morgan fingerprint density at radius 1 is 0.974 bits per heavy atom. The maximum Gasteiger partial charge on any atom is 0.172 e. The number of fused-ring (bicyclic) bond motifs is 8. The quantitative estimate of drug-likeness (QED) is 0.368. The molecule has 1 fully saturated rings. The van der Waals surface area contributed by atoms with Gasteiger partial charge in [0.15, 0.2) is 5.78 Å². The predicted molar refractivity (Wildman–Crippen MR) is 154 cm³/mol. The van der Waals surface area contributed by atoms with E-state index in [-0.39, 0.29) is 17.7 Å². The molecule has 3 aromatic heterocycles. The second-order valence-corrected chi connectivity index (χ2v) is 11.1. The lowest BCUT2D eigenvalue weighted by Gasteiger charge is -2.21. The summed E-state index contributed by atoms with van der Waals surface area (Å²) in [6, 6.07) is 0.0642. The summed E-state index contributed by atoms with van der Waals surface area (Å²) in [5.41, 5.74) is 10.2. The molecule has 6 nitrogen and oxygen atoms in total. The van der Waals surface area contributed by atoms with Gasteiger partial charge in [0.1, 0.15) is 0 Å². The minimum absolute atomic E-state index is 0.0642. The van der Waals surface area contributed by atoms with Crippen molar-refractivity contribution in [1.29, 1.82) is 0 Å². The van der Waals surface area contributed by atoms with Gasteiger partial charge in [0.05, 0.1) is 23.0 Å². The van der Waals surface area contributed by atoms with Crippen molar-refractivity contribution in [3.05, 3.63) is 78.4 Å². The first-order chi connectivity index (χ1) is 18.2. The van der Waals surface area contributed by atoms with Crippen LogP contribution in [0.3, 0.4) is 0 Å². The topological polar surface area (TPSA) is 96.7 Å². The molecule has 8 bridgehead atoms. The minimum Gasteiger partial charge on any atom is -0.515 e. The lowest BCUT2D eigenvalue weighted by molar-refractivity contribution is 0.0960. The third kappa shape index (κ3) is 3.22. The molecule has 5 N–H and O–H groups in total. The number of ketones is 1.